The number of benzene rings is 2. The quantitative estimate of drug-likeness (QED) is 0.0979. The van der Waals surface area contributed by atoms with Gasteiger partial charge in [0.25, 0.3) is 0 Å². The predicted molar refractivity (Wildman–Crippen MR) is 185 cm³/mol. The van der Waals surface area contributed by atoms with Crippen molar-refractivity contribution >= 4 is 55.2 Å². The minimum Gasteiger partial charge on any atom is -0.0776 e. The van der Waals surface area contributed by atoms with Crippen molar-refractivity contribution in [1.29, 1.82) is 0 Å². The second-order valence-electron chi connectivity index (χ2n) is 9.80. The molecule has 0 N–H and O–H groups in total. The van der Waals surface area contributed by atoms with Gasteiger partial charge < -0.3 is 0 Å². The molecule has 0 bridgehead atoms. The summed E-state index contributed by atoms with van der Waals surface area (Å²) in [5.41, 5.74) is 0. The molecule has 35 heavy (non-hydrogen) atoms. The summed E-state index contributed by atoms with van der Waals surface area (Å²) in [6.07, 6.45) is 7.60. The molecule has 0 aliphatic rings. The van der Waals surface area contributed by atoms with E-state index in [4.69, 9.17) is 0 Å². The van der Waals surface area contributed by atoms with E-state index in [0.717, 1.165) is 0 Å². The highest BCUT2D eigenvalue weighted by molar-refractivity contribution is 7.73. The van der Waals surface area contributed by atoms with E-state index >= 15 is 0 Å². The van der Waals surface area contributed by atoms with Crippen molar-refractivity contribution in [3.8, 4) is 0 Å². The maximum absolute atomic E-state index is 2.52. The standard InChI is InChI=1S/C27H49PSi4.3CH4/c1-29-19-11-23-32(24-12-20-30-2,25-13-21-31-3)22-10-18-28(26-14-6-4-7-15-26)27-16-8-5-9-17-27;;;/h4-9,14-17H,10-13,18-25,29-31H2,1-3H3;3*1H4. The lowest BCUT2D eigenvalue weighted by Crippen LogP contribution is -2.34. The zero-order valence-corrected chi connectivity index (χ0v) is 27.5. The van der Waals surface area contributed by atoms with Crippen molar-refractivity contribution < 1.29 is 0 Å². The zero-order chi connectivity index (χ0) is 22.9. The lowest BCUT2D eigenvalue weighted by atomic mass is 10.4. The third-order valence-corrected chi connectivity index (χ3v) is 19.0. The van der Waals surface area contributed by atoms with Crippen molar-refractivity contribution in [3.63, 3.8) is 0 Å². The molecule has 0 heterocycles. The van der Waals surface area contributed by atoms with Crippen LogP contribution in [0, 0.1) is 0 Å². The van der Waals surface area contributed by atoms with Crippen LogP contribution in [-0.2, 0) is 0 Å². The third-order valence-electron chi connectivity index (χ3n) is 7.16. The molecule has 0 fully saturated rings. The van der Waals surface area contributed by atoms with Gasteiger partial charge in [-0.3, -0.25) is 0 Å². The Morgan fingerprint density at radius 2 is 0.886 bits per heavy atom. The first-order chi connectivity index (χ1) is 15.7. The highest BCUT2D eigenvalue weighted by Gasteiger charge is 2.31. The molecule has 2 aromatic carbocycles. The van der Waals surface area contributed by atoms with Crippen molar-refractivity contribution in [1.82, 2.24) is 0 Å². The first-order valence-electron chi connectivity index (χ1n) is 13.6. The van der Waals surface area contributed by atoms with Gasteiger partial charge in [0.15, 0.2) is 0 Å². The molecule has 0 nitrogen and oxygen atoms in total. The highest BCUT2D eigenvalue weighted by Crippen LogP contribution is 2.39. The van der Waals surface area contributed by atoms with E-state index in [-0.39, 0.29) is 58.8 Å². The Morgan fingerprint density at radius 1 is 0.543 bits per heavy atom. The molecule has 0 saturated heterocycles. The Balaban J connectivity index is 0. The smallest absolute Gasteiger partial charge is 0.0535 e. The van der Waals surface area contributed by atoms with Gasteiger partial charge in [0.1, 0.15) is 0 Å². The van der Waals surface area contributed by atoms with Gasteiger partial charge in [-0.1, -0.05) is 171 Å². The summed E-state index contributed by atoms with van der Waals surface area (Å²) in [5, 5.41) is 3.15. The molecular formula is C30H61PSi4. The summed E-state index contributed by atoms with van der Waals surface area (Å²) in [7, 11) is -0.603. The van der Waals surface area contributed by atoms with Crippen LogP contribution in [-0.4, -0.2) is 42.8 Å². The largest absolute Gasteiger partial charge is 0.0776 e. The number of hydrogen-bond donors (Lipinski definition) is 0. The van der Waals surface area contributed by atoms with Crippen LogP contribution >= 0.6 is 7.92 Å². The summed E-state index contributed by atoms with van der Waals surface area (Å²) < 4.78 is 0. The third kappa shape index (κ3) is 14.3. The summed E-state index contributed by atoms with van der Waals surface area (Å²) >= 11 is 0. The number of rotatable bonds is 18. The molecule has 2 aromatic rings. The predicted octanol–water partition coefficient (Wildman–Crippen LogP) is 7.94. The Kier molecular flexibility index (Phi) is 24.1. The van der Waals surface area contributed by atoms with Gasteiger partial charge >= 0.3 is 0 Å². The van der Waals surface area contributed by atoms with Gasteiger partial charge in [-0.2, -0.15) is 0 Å². The first-order valence-corrected chi connectivity index (χ1v) is 25.2. The fraction of sp³-hybridized carbons (Fsp3) is 0.600. The van der Waals surface area contributed by atoms with E-state index in [2.05, 4.69) is 80.3 Å². The van der Waals surface area contributed by atoms with Crippen LogP contribution in [0.25, 0.3) is 0 Å². The summed E-state index contributed by atoms with van der Waals surface area (Å²) in [4.78, 5) is 0. The summed E-state index contributed by atoms with van der Waals surface area (Å²) in [6.45, 7) is 7.55. The zero-order valence-electron chi connectivity index (χ0n) is 21.3. The van der Waals surface area contributed by atoms with E-state index in [0.29, 0.717) is 0 Å². The molecule has 0 saturated carbocycles. The van der Waals surface area contributed by atoms with E-state index in [1.165, 1.54) is 12.6 Å². The molecule has 2 rings (SSSR count). The van der Waals surface area contributed by atoms with Crippen LogP contribution in [0.1, 0.15) is 48.0 Å². The second kappa shape index (κ2) is 22.9. The monoisotopic (exact) mass is 564 g/mol. The van der Waals surface area contributed by atoms with Crippen LogP contribution < -0.4 is 10.6 Å². The molecule has 0 aromatic heterocycles. The van der Waals surface area contributed by atoms with Crippen LogP contribution in [0.3, 0.4) is 0 Å². The minimum atomic E-state index is -1.10. The van der Waals surface area contributed by atoms with Gasteiger partial charge in [-0.05, 0) is 24.7 Å². The Labute approximate surface area is 231 Å². The van der Waals surface area contributed by atoms with E-state index < -0.39 is 8.07 Å². The van der Waals surface area contributed by atoms with Gasteiger partial charge in [-0.25, -0.2) is 0 Å². The molecule has 0 unspecified atom stereocenters. The lowest BCUT2D eigenvalue weighted by Gasteiger charge is -2.33. The molecular weight excluding hydrogens is 504 g/mol. The Bertz CT molecular complexity index is 630. The fourth-order valence-electron chi connectivity index (χ4n) is 5.24. The highest BCUT2D eigenvalue weighted by atomic mass is 31.1. The van der Waals surface area contributed by atoms with Crippen LogP contribution in [0.15, 0.2) is 60.7 Å². The molecule has 0 aliphatic carbocycles. The lowest BCUT2D eigenvalue weighted by molar-refractivity contribution is 0.878. The molecule has 202 valence electrons. The Morgan fingerprint density at radius 3 is 1.23 bits per heavy atom. The van der Waals surface area contributed by atoms with Crippen molar-refractivity contribution in [2.45, 2.75) is 110 Å². The molecule has 0 atom stereocenters. The first kappa shape index (κ1) is 36.9. The topological polar surface area (TPSA) is 0 Å². The van der Waals surface area contributed by atoms with Crippen LogP contribution in [0.5, 0.6) is 0 Å². The Hall–Kier alpha value is -0.262. The van der Waals surface area contributed by atoms with Crippen molar-refractivity contribution in [3.05, 3.63) is 60.7 Å². The van der Waals surface area contributed by atoms with E-state index in [1.54, 1.807) is 72.2 Å². The summed E-state index contributed by atoms with van der Waals surface area (Å²) in [5.74, 6) is 0. The van der Waals surface area contributed by atoms with E-state index in [1.807, 2.05) is 0 Å². The van der Waals surface area contributed by atoms with Crippen LogP contribution in [0.4, 0.5) is 0 Å². The normalized spacial score (nSPS) is 13.3. The number of hydrogen-bond acceptors (Lipinski definition) is 0. The molecule has 0 amide bonds. The molecule has 0 radical (unpaired) electrons. The van der Waals surface area contributed by atoms with Crippen molar-refractivity contribution in [2.75, 3.05) is 6.16 Å². The average Bonchev–Trinajstić information content (AvgIpc) is 2.83. The second-order valence-corrected chi connectivity index (χ2v) is 22.3. The molecule has 0 aliphatic heterocycles. The molecule has 0 spiro atoms. The molecule has 5 heteroatoms. The minimum absolute atomic E-state index is 0. The van der Waals surface area contributed by atoms with Gasteiger partial charge in [0.2, 0.25) is 0 Å². The van der Waals surface area contributed by atoms with E-state index in [9.17, 15) is 0 Å². The van der Waals surface area contributed by atoms with Gasteiger partial charge in [-0.15, -0.1) is 0 Å². The summed E-state index contributed by atoms with van der Waals surface area (Å²) in [6, 6.07) is 34.2. The average molecular weight is 565 g/mol. The van der Waals surface area contributed by atoms with Gasteiger partial charge in [0.05, 0.1) is 8.07 Å². The maximum Gasteiger partial charge on any atom is 0.0535 e. The SMILES string of the molecule is C.C.C.C[SiH2]CCC[Si](CCC[SiH2]C)(CCC[SiH2]C)CCCP(c1ccccc1)c1ccccc1. The maximum atomic E-state index is 2.52. The van der Waals surface area contributed by atoms with Crippen LogP contribution in [0.2, 0.25) is 61.9 Å². The van der Waals surface area contributed by atoms with Gasteiger partial charge in [0, 0.05) is 28.6 Å². The van der Waals surface area contributed by atoms with Crippen molar-refractivity contribution in [2.24, 2.45) is 0 Å². The fourth-order valence-corrected chi connectivity index (χ4v) is 17.1.